The molecule has 2 aliphatic carbocycles. The molecule has 1 aromatic carbocycles. The molecule has 2 heterocycles. The highest BCUT2D eigenvalue weighted by molar-refractivity contribution is 6.38. The Bertz CT molecular complexity index is 1310. The number of carboxylic acid groups (broad SMARTS) is 1. The molecule has 11 heteroatoms. The zero-order valence-electron chi connectivity index (χ0n) is 19.7. The highest BCUT2D eigenvalue weighted by Gasteiger charge is 2.40. The number of halogens is 2. The summed E-state index contributed by atoms with van der Waals surface area (Å²) in [5.74, 6) is -0.518. The summed E-state index contributed by atoms with van der Waals surface area (Å²) in [6.45, 7) is 3.59. The van der Waals surface area contributed by atoms with E-state index in [4.69, 9.17) is 21.4 Å². The molecule has 1 aromatic heterocycles. The largest absolute Gasteiger partial charge is 0.511 e. The molecule has 5 rings (SSSR count). The SMILES string of the molecule is CCOC(=O)NCC1CC=CC2CN(c3c(F)cc4c(=O)c(OC(=O)O)cn(C5CC5)c4c3Cl)CC21. The lowest BCUT2D eigenvalue weighted by Gasteiger charge is -2.29. The Kier molecular flexibility index (Phi) is 6.55. The number of rotatable bonds is 6. The normalized spacial score (nSPS) is 23.0. The summed E-state index contributed by atoms with van der Waals surface area (Å²) in [6.07, 6.45) is 5.98. The number of carbonyl (C=O) groups is 2. The highest BCUT2D eigenvalue weighted by atomic mass is 35.5. The first-order valence-corrected chi connectivity index (χ1v) is 12.5. The summed E-state index contributed by atoms with van der Waals surface area (Å²) in [4.78, 5) is 37.7. The van der Waals surface area contributed by atoms with E-state index in [1.54, 1.807) is 11.5 Å². The maximum atomic E-state index is 15.5. The van der Waals surface area contributed by atoms with Gasteiger partial charge in [0.1, 0.15) is 5.82 Å². The van der Waals surface area contributed by atoms with Gasteiger partial charge in [0.2, 0.25) is 5.43 Å². The molecule has 1 amide bonds. The lowest BCUT2D eigenvalue weighted by atomic mass is 9.78. The number of carbonyl (C=O) groups excluding carboxylic acids is 1. The predicted octanol–water partition coefficient (Wildman–Crippen LogP) is 4.56. The van der Waals surface area contributed by atoms with Gasteiger partial charge in [-0.3, -0.25) is 4.79 Å². The van der Waals surface area contributed by atoms with Crippen LogP contribution < -0.4 is 20.4 Å². The van der Waals surface area contributed by atoms with E-state index in [-0.39, 0.29) is 45.6 Å². The first-order valence-electron chi connectivity index (χ1n) is 12.1. The fourth-order valence-corrected chi connectivity index (χ4v) is 5.89. The van der Waals surface area contributed by atoms with Crippen molar-refractivity contribution in [3.8, 4) is 5.75 Å². The number of pyridine rings is 1. The van der Waals surface area contributed by atoms with Crippen LogP contribution in [-0.2, 0) is 4.74 Å². The van der Waals surface area contributed by atoms with E-state index in [0.29, 0.717) is 31.8 Å². The topological polar surface area (TPSA) is 110 Å². The van der Waals surface area contributed by atoms with E-state index in [2.05, 4.69) is 22.2 Å². The maximum Gasteiger partial charge on any atom is 0.511 e. The van der Waals surface area contributed by atoms with Crippen molar-refractivity contribution in [2.75, 3.05) is 31.1 Å². The molecule has 192 valence electrons. The number of nitrogens with one attached hydrogen (secondary N) is 1. The van der Waals surface area contributed by atoms with Crippen molar-refractivity contribution >= 4 is 40.4 Å². The number of hydrogen-bond acceptors (Lipinski definition) is 6. The molecular formula is C25H27ClFN3O6. The van der Waals surface area contributed by atoms with Gasteiger partial charge in [-0.05, 0) is 50.0 Å². The lowest BCUT2D eigenvalue weighted by Crippen LogP contribution is -2.36. The number of hydrogen-bond donors (Lipinski definition) is 2. The Balaban J connectivity index is 1.49. The minimum atomic E-state index is -1.61. The Morgan fingerprint density at radius 3 is 2.78 bits per heavy atom. The monoisotopic (exact) mass is 519 g/mol. The van der Waals surface area contributed by atoms with Crippen molar-refractivity contribution in [2.24, 2.45) is 17.8 Å². The van der Waals surface area contributed by atoms with Crippen LogP contribution in [0.2, 0.25) is 5.02 Å². The van der Waals surface area contributed by atoms with E-state index in [1.807, 2.05) is 4.90 Å². The summed E-state index contributed by atoms with van der Waals surface area (Å²) < 4.78 is 26.9. The average molecular weight is 520 g/mol. The van der Waals surface area contributed by atoms with Crippen LogP contribution in [0.4, 0.5) is 19.7 Å². The van der Waals surface area contributed by atoms with Crippen molar-refractivity contribution in [1.82, 2.24) is 9.88 Å². The zero-order chi connectivity index (χ0) is 25.6. The van der Waals surface area contributed by atoms with Gasteiger partial charge in [0.15, 0.2) is 5.75 Å². The Morgan fingerprint density at radius 2 is 2.08 bits per heavy atom. The molecule has 1 saturated heterocycles. The van der Waals surface area contributed by atoms with Crippen LogP contribution >= 0.6 is 11.6 Å². The number of alkyl carbamates (subject to hydrolysis) is 1. The van der Waals surface area contributed by atoms with E-state index in [9.17, 15) is 14.4 Å². The standard InChI is InChI=1S/C25H27ClFN3O6/c1-2-35-24(32)28-9-13-4-3-5-14-10-29(11-17(13)14)22-18(27)8-16-21(20(22)26)30(15-6-7-15)12-19(23(16)31)36-25(33)34/h3,5,8,12-15,17H,2,4,6-7,9-11H2,1H3,(H,28,32)(H,33,34). The van der Waals surface area contributed by atoms with Gasteiger partial charge in [0.05, 0.1) is 34.4 Å². The average Bonchev–Trinajstić information content (AvgIpc) is 3.58. The minimum Gasteiger partial charge on any atom is -0.450 e. The molecule has 3 atom stereocenters. The van der Waals surface area contributed by atoms with E-state index < -0.39 is 23.5 Å². The van der Waals surface area contributed by atoms with Crippen LogP contribution in [0.1, 0.15) is 32.2 Å². The Hall–Kier alpha value is -3.27. The first-order chi connectivity index (χ1) is 17.3. The third-order valence-corrected chi connectivity index (χ3v) is 7.59. The van der Waals surface area contributed by atoms with Crippen molar-refractivity contribution in [3.05, 3.63) is 45.5 Å². The second-order valence-corrected chi connectivity index (χ2v) is 9.88. The Morgan fingerprint density at radius 1 is 1.31 bits per heavy atom. The molecule has 1 saturated carbocycles. The summed E-state index contributed by atoms with van der Waals surface area (Å²) in [7, 11) is 0. The van der Waals surface area contributed by atoms with Crippen LogP contribution in [0.3, 0.4) is 0 Å². The van der Waals surface area contributed by atoms with E-state index in [1.165, 1.54) is 6.20 Å². The third-order valence-electron chi connectivity index (χ3n) is 7.23. The van der Waals surface area contributed by atoms with Gasteiger partial charge in [-0.2, -0.15) is 0 Å². The number of amides is 1. The summed E-state index contributed by atoms with van der Waals surface area (Å²) in [5.41, 5.74) is -0.117. The van der Waals surface area contributed by atoms with Gasteiger partial charge in [-0.25, -0.2) is 14.0 Å². The number of anilines is 1. The molecule has 0 radical (unpaired) electrons. The number of nitrogens with zero attached hydrogens (tertiary/aromatic N) is 2. The van der Waals surface area contributed by atoms with Gasteiger partial charge in [-0.1, -0.05) is 23.8 Å². The number of aromatic nitrogens is 1. The summed E-state index contributed by atoms with van der Waals surface area (Å²) >= 11 is 6.82. The van der Waals surface area contributed by atoms with Gasteiger partial charge in [-0.15, -0.1) is 0 Å². The number of allylic oxidation sites excluding steroid dienone is 1. The third kappa shape index (κ3) is 4.50. The molecule has 2 aromatic rings. The van der Waals surface area contributed by atoms with Gasteiger partial charge >= 0.3 is 12.2 Å². The van der Waals surface area contributed by atoms with E-state index >= 15 is 4.39 Å². The first kappa shape index (κ1) is 24.4. The molecular weight excluding hydrogens is 493 g/mol. The second-order valence-electron chi connectivity index (χ2n) is 9.50. The van der Waals surface area contributed by atoms with Crippen molar-refractivity contribution in [1.29, 1.82) is 0 Å². The van der Waals surface area contributed by atoms with Crippen molar-refractivity contribution in [3.63, 3.8) is 0 Å². The number of fused-ring (bicyclic) bond motifs is 2. The smallest absolute Gasteiger partial charge is 0.450 e. The van der Waals surface area contributed by atoms with Gasteiger partial charge < -0.3 is 29.4 Å². The maximum absolute atomic E-state index is 15.5. The number of benzene rings is 1. The molecule has 0 spiro atoms. The molecule has 36 heavy (non-hydrogen) atoms. The molecule has 1 aliphatic heterocycles. The fourth-order valence-electron chi connectivity index (χ4n) is 5.48. The molecule has 3 unspecified atom stereocenters. The lowest BCUT2D eigenvalue weighted by molar-refractivity contribution is 0.143. The zero-order valence-corrected chi connectivity index (χ0v) is 20.5. The quantitative estimate of drug-likeness (QED) is 0.425. The molecule has 0 bridgehead atoms. The number of ether oxygens (including phenoxy) is 2. The van der Waals surface area contributed by atoms with Crippen LogP contribution in [0, 0.1) is 23.6 Å². The Labute approximate surface area is 211 Å². The van der Waals surface area contributed by atoms with Crippen LogP contribution in [0.15, 0.2) is 29.2 Å². The van der Waals surface area contributed by atoms with Crippen LogP contribution in [-0.4, -0.2) is 48.2 Å². The molecule has 2 fully saturated rings. The van der Waals surface area contributed by atoms with Crippen molar-refractivity contribution in [2.45, 2.75) is 32.2 Å². The fraction of sp³-hybridized carbons (Fsp3) is 0.480. The predicted molar refractivity (Wildman–Crippen MR) is 132 cm³/mol. The summed E-state index contributed by atoms with van der Waals surface area (Å²) in [6, 6.07) is 1.16. The van der Waals surface area contributed by atoms with Gasteiger partial charge in [0, 0.05) is 25.7 Å². The van der Waals surface area contributed by atoms with Gasteiger partial charge in [0.25, 0.3) is 0 Å². The molecule has 9 nitrogen and oxygen atoms in total. The second kappa shape index (κ2) is 9.65. The van der Waals surface area contributed by atoms with Crippen molar-refractivity contribution < 1.29 is 28.6 Å². The molecule has 2 N–H and O–H groups in total. The highest BCUT2D eigenvalue weighted by Crippen LogP contribution is 2.45. The van der Waals surface area contributed by atoms with Crippen LogP contribution in [0.25, 0.3) is 10.9 Å². The minimum absolute atomic E-state index is 0.0140. The molecule has 3 aliphatic rings. The summed E-state index contributed by atoms with van der Waals surface area (Å²) in [5, 5.41) is 11.9. The van der Waals surface area contributed by atoms with Crippen LogP contribution in [0.5, 0.6) is 5.75 Å². The van der Waals surface area contributed by atoms with E-state index in [0.717, 1.165) is 25.3 Å².